The fourth-order valence-corrected chi connectivity index (χ4v) is 2.22. The van der Waals surface area contributed by atoms with Crippen molar-refractivity contribution in [3.05, 3.63) is 53.1 Å². The van der Waals surface area contributed by atoms with Gasteiger partial charge in [-0.2, -0.15) is 0 Å². The van der Waals surface area contributed by atoms with E-state index in [9.17, 15) is 9.59 Å². The molecule has 2 N–H and O–H groups in total. The Labute approximate surface area is 152 Å². The van der Waals surface area contributed by atoms with Gasteiger partial charge in [0.05, 0.1) is 10.7 Å². The number of benzene rings is 2. The average Bonchev–Trinajstić information content (AvgIpc) is 2.59. The maximum Gasteiger partial charge on any atom is 0.265 e. The van der Waals surface area contributed by atoms with E-state index < -0.39 is 6.10 Å². The molecule has 2 aromatic rings. The smallest absolute Gasteiger partial charge is 0.265 e. The predicted octanol–water partition coefficient (Wildman–Crippen LogP) is 4.40. The Bertz CT molecular complexity index is 760. The maximum absolute atomic E-state index is 12.3. The van der Waals surface area contributed by atoms with Gasteiger partial charge >= 0.3 is 0 Å². The zero-order valence-electron chi connectivity index (χ0n) is 14.4. The summed E-state index contributed by atoms with van der Waals surface area (Å²) in [4.78, 5) is 23.8. The summed E-state index contributed by atoms with van der Waals surface area (Å²) >= 11 is 6.12. The second kappa shape index (κ2) is 8.53. The Balaban J connectivity index is 2.04. The summed E-state index contributed by atoms with van der Waals surface area (Å²) in [5.74, 6) is 0.167. The van der Waals surface area contributed by atoms with Crippen molar-refractivity contribution in [3.63, 3.8) is 0 Å². The van der Waals surface area contributed by atoms with Gasteiger partial charge in [-0.15, -0.1) is 0 Å². The minimum Gasteiger partial charge on any atom is -0.481 e. The molecule has 0 bridgehead atoms. The van der Waals surface area contributed by atoms with Gasteiger partial charge in [0.2, 0.25) is 5.91 Å². The highest BCUT2D eigenvalue weighted by Crippen LogP contribution is 2.26. The molecule has 1 atom stereocenters. The molecule has 5 nitrogen and oxygen atoms in total. The van der Waals surface area contributed by atoms with E-state index in [4.69, 9.17) is 16.3 Å². The van der Waals surface area contributed by atoms with Gasteiger partial charge in [-0.05, 0) is 44.2 Å². The molecular formula is C19H21ClN2O3. The molecule has 0 saturated heterocycles. The van der Waals surface area contributed by atoms with E-state index in [0.29, 0.717) is 28.6 Å². The van der Waals surface area contributed by atoms with E-state index >= 15 is 0 Å². The monoisotopic (exact) mass is 360 g/mol. The Morgan fingerprint density at radius 3 is 2.44 bits per heavy atom. The molecule has 0 spiro atoms. The Kier molecular flexibility index (Phi) is 6.42. The fraction of sp³-hybridized carbons (Fsp3) is 0.263. The van der Waals surface area contributed by atoms with Gasteiger partial charge in [0.15, 0.2) is 6.10 Å². The van der Waals surface area contributed by atoms with Gasteiger partial charge in [-0.3, -0.25) is 9.59 Å². The summed E-state index contributed by atoms with van der Waals surface area (Å²) in [6.45, 7) is 5.40. The van der Waals surface area contributed by atoms with Crippen LogP contribution in [0.2, 0.25) is 5.02 Å². The number of rotatable bonds is 6. The van der Waals surface area contributed by atoms with Crippen LogP contribution in [0.25, 0.3) is 0 Å². The number of carbonyl (C=O) groups is 2. The van der Waals surface area contributed by atoms with Crippen molar-refractivity contribution in [2.75, 3.05) is 10.6 Å². The molecule has 25 heavy (non-hydrogen) atoms. The number of carbonyl (C=O) groups excluding carboxylic acids is 2. The van der Waals surface area contributed by atoms with Crippen molar-refractivity contribution in [2.45, 2.75) is 33.3 Å². The molecule has 0 aliphatic carbocycles. The van der Waals surface area contributed by atoms with E-state index in [1.54, 1.807) is 32.0 Å². The van der Waals surface area contributed by atoms with Crippen LogP contribution in [0.4, 0.5) is 11.4 Å². The van der Waals surface area contributed by atoms with Crippen LogP contribution in [0.3, 0.4) is 0 Å². The second-order valence-corrected chi connectivity index (χ2v) is 6.07. The summed E-state index contributed by atoms with van der Waals surface area (Å²) in [5, 5.41) is 5.83. The predicted molar refractivity (Wildman–Crippen MR) is 100 cm³/mol. The lowest BCUT2D eigenvalue weighted by Gasteiger charge is -2.16. The molecule has 0 fully saturated rings. The third-order valence-corrected chi connectivity index (χ3v) is 3.86. The maximum atomic E-state index is 12.3. The summed E-state index contributed by atoms with van der Waals surface area (Å²) in [6, 6.07) is 12.4. The minimum atomic E-state index is -0.701. The fourth-order valence-electron chi connectivity index (χ4n) is 2.06. The zero-order valence-corrected chi connectivity index (χ0v) is 15.2. The van der Waals surface area contributed by atoms with Crippen LogP contribution in [0.1, 0.15) is 25.8 Å². The van der Waals surface area contributed by atoms with Crippen LogP contribution >= 0.6 is 11.6 Å². The van der Waals surface area contributed by atoms with E-state index in [1.807, 2.05) is 31.2 Å². The largest absolute Gasteiger partial charge is 0.481 e. The van der Waals surface area contributed by atoms with Crippen molar-refractivity contribution >= 4 is 34.8 Å². The number of anilines is 2. The van der Waals surface area contributed by atoms with Crippen LogP contribution in [-0.2, 0) is 9.59 Å². The first kappa shape index (κ1) is 18.8. The standard InChI is InChI=1S/C19H21ClN2O3/c1-4-18(23)21-14-7-10-16(20)17(11-14)22-19(24)13(3)25-15-8-5-12(2)6-9-15/h5-11,13H,4H2,1-3H3,(H,21,23)(H,22,24). The average molecular weight is 361 g/mol. The first-order valence-electron chi connectivity index (χ1n) is 8.02. The summed E-state index contributed by atoms with van der Waals surface area (Å²) in [5.41, 5.74) is 2.10. The Morgan fingerprint density at radius 1 is 1.12 bits per heavy atom. The third-order valence-electron chi connectivity index (χ3n) is 3.53. The molecule has 132 valence electrons. The lowest BCUT2D eigenvalue weighted by molar-refractivity contribution is -0.122. The molecule has 2 amide bonds. The number of nitrogens with one attached hydrogen (secondary N) is 2. The van der Waals surface area contributed by atoms with Gasteiger partial charge in [-0.25, -0.2) is 0 Å². The van der Waals surface area contributed by atoms with Crippen LogP contribution in [0.5, 0.6) is 5.75 Å². The zero-order chi connectivity index (χ0) is 18.4. The molecular weight excluding hydrogens is 340 g/mol. The van der Waals surface area contributed by atoms with E-state index in [-0.39, 0.29) is 11.8 Å². The van der Waals surface area contributed by atoms with E-state index in [1.165, 1.54) is 0 Å². The molecule has 2 aromatic carbocycles. The first-order valence-corrected chi connectivity index (χ1v) is 8.40. The number of ether oxygens (including phenoxy) is 1. The van der Waals surface area contributed by atoms with E-state index in [2.05, 4.69) is 10.6 Å². The molecule has 0 aliphatic rings. The highest BCUT2D eigenvalue weighted by molar-refractivity contribution is 6.34. The SMILES string of the molecule is CCC(=O)Nc1ccc(Cl)c(NC(=O)C(C)Oc2ccc(C)cc2)c1. The summed E-state index contributed by atoms with van der Waals surface area (Å²) in [6.07, 6.45) is -0.334. The normalized spacial score (nSPS) is 11.5. The molecule has 0 radical (unpaired) electrons. The number of halogens is 1. The number of hydrogen-bond acceptors (Lipinski definition) is 3. The van der Waals surface area contributed by atoms with Gasteiger partial charge in [0.25, 0.3) is 5.91 Å². The lowest BCUT2D eigenvalue weighted by atomic mass is 10.2. The third kappa shape index (κ3) is 5.50. The number of hydrogen-bond donors (Lipinski definition) is 2. The Morgan fingerprint density at radius 2 is 1.80 bits per heavy atom. The van der Waals surface area contributed by atoms with Crippen molar-refractivity contribution in [1.29, 1.82) is 0 Å². The molecule has 0 aliphatic heterocycles. The van der Waals surface area contributed by atoms with Gasteiger partial charge in [0.1, 0.15) is 5.75 Å². The van der Waals surface area contributed by atoms with Gasteiger partial charge < -0.3 is 15.4 Å². The van der Waals surface area contributed by atoms with Crippen molar-refractivity contribution < 1.29 is 14.3 Å². The molecule has 0 aromatic heterocycles. The molecule has 1 unspecified atom stereocenters. The van der Waals surface area contributed by atoms with E-state index in [0.717, 1.165) is 5.56 Å². The number of amides is 2. The lowest BCUT2D eigenvalue weighted by Crippen LogP contribution is -2.30. The Hall–Kier alpha value is -2.53. The first-order chi connectivity index (χ1) is 11.9. The molecule has 2 rings (SSSR count). The number of aryl methyl sites for hydroxylation is 1. The highest BCUT2D eigenvalue weighted by atomic mass is 35.5. The second-order valence-electron chi connectivity index (χ2n) is 5.66. The van der Waals surface area contributed by atoms with Crippen molar-refractivity contribution in [3.8, 4) is 5.75 Å². The summed E-state index contributed by atoms with van der Waals surface area (Å²) < 4.78 is 5.63. The van der Waals surface area contributed by atoms with Gasteiger partial charge in [-0.1, -0.05) is 36.2 Å². The molecule has 0 saturated carbocycles. The summed E-state index contributed by atoms with van der Waals surface area (Å²) in [7, 11) is 0. The van der Waals surface area contributed by atoms with Gasteiger partial charge in [0, 0.05) is 12.1 Å². The topological polar surface area (TPSA) is 67.4 Å². The molecule has 0 heterocycles. The molecule has 6 heteroatoms. The van der Waals surface area contributed by atoms with Crippen LogP contribution in [-0.4, -0.2) is 17.9 Å². The van der Waals surface area contributed by atoms with Crippen LogP contribution in [0, 0.1) is 6.92 Å². The minimum absolute atomic E-state index is 0.115. The van der Waals surface area contributed by atoms with Crippen LogP contribution < -0.4 is 15.4 Å². The highest BCUT2D eigenvalue weighted by Gasteiger charge is 2.16. The van der Waals surface area contributed by atoms with Crippen molar-refractivity contribution in [2.24, 2.45) is 0 Å². The van der Waals surface area contributed by atoms with Crippen molar-refractivity contribution in [1.82, 2.24) is 0 Å². The van der Waals surface area contributed by atoms with Crippen LogP contribution in [0.15, 0.2) is 42.5 Å². The quantitative estimate of drug-likeness (QED) is 0.802.